The fraction of sp³-hybridized carbons (Fsp3) is 0.929. The maximum absolute atomic E-state index is 12.4. The zero-order chi connectivity index (χ0) is 13.4. The van der Waals surface area contributed by atoms with E-state index >= 15 is 0 Å². The molecule has 1 aliphatic heterocycles. The molecule has 0 aromatic carbocycles. The van der Waals surface area contributed by atoms with Crippen molar-refractivity contribution >= 4 is 6.03 Å². The van der Waals surface area contributed by atoms with Crippen LogP contribution in [0.15, 0.2) is 0 Å². The summed E-state index contributed by atoms with van der Waals surface area (Å²) in [5.41, 5.74) is 0. The van der Waals surface area contributed by atoms with Crippen molar-refractivity contribution in [2.45, 2.75) is 52.5 Å². The number of rotatable bonds is 7. The van der Waals surface area contributed by atoms with E-state index in [9.17, 15) is 4.79 Å². The van der Waals surface area contributed by atoms with E-state index in [1.807, 2.05) is 23.6 Å². The summed E-state index contributed by atoms with van der Waals surface area (Å²) in [4.78, 5) is 16.4. The van der Waals surface area contributed by atoms with Gasteiger partial charge >= 0.3 is 6.03 Å². The Labute approximate surface area is 112 Å². The summed E-state index contributed by atoms with van der Waals surface area (Å²) in [6.45, 7) is 10.7. The number of amides is 2. The van der Waals surface area contributed by atoms with E-state index in [1.54, 1.807) is 0 Å². The lowest BCUT2D eigenvalue weighted by atomic mass is 10.2. The van der Waals surface area contributed by atoms with Gasteiger partial charge in [-0.2, -0.15) is 0 Å². The Hall–Kier alpha value is -0.770. The van der Waals surface area contributed by atoms with E-state index in [4.69, 9.17) is 0 Å². The Morgan fingerprint density at radius 1 is 1.22 bits per heavy atom. The third-order valence-electron chi connectivity index (χ3n) is 3.69. The van der Waals surface area contributed by atoms with Gasteiger partial charge in [0.2, 0.25) is 0 Å². The lowest BCUT2D eigenvalue weighted by molar-refractivity contribution is 0.152. The highest BCUT2D eigenvalue weighted by molar-refractivity contribution is 5.74. The predicted octanol–water partition coefficient (Wildman–Crippen LogP) is 2.30. The molecule has 0 aliphatic carbocycles. The van der Waals surface area contributed by atoms with Gasteiger partial charge in [-0.25, -0.2) is 4.79 Å². The number of carbonyl (C=O) groups excluding carboxylic acids is 1. The van der Waals surface area contributed by atoms with Crippen molar-refractivity contribution in [2.75, 3.05) is 32.7 Å². The molecule has 1 saturated heterocycles. The van der Waals surface area contributed by atoms with Crippen molar-refractivity contribution in [3.8, 4) is 0 Å². The van der Waals surface area contributed by atoms with Crippen LogP contribution >= 0.6 is 0 Å². The van der Waals surface area contributed by atoms with Crippen molar-refractivity contribution < 1.29 is 4.79 Å². The lowest BCUT2D eigenvalue weighted by Gasteiger charge is -2.31. The van der Waals surface area contributed by atoms with E-state index in [2.05, 4.69) is 12.2 Å². The molecule has 1 N–H and O–H groups in total. The molecule has 1 unspecified atom stereocenters. The summed E-state index contributed by atoms with van der Waals surface area (Å²) in [7, 11) is 0. The Morgan fingerprint density at radius 2 is 1.94 bits per heavy atom. The van der Waals surface area contributed by atoms with Gasteiger partial charge in [0.25, 0.3) is 0 Å². The highest BCUT2D eigenvalue weighted by Gasteiger charge is 2.23. The van der Waals surface area contributed by atoms with Gasteiger partial charge < -0.3 is 15.1 Å². The van der Waals surface area contributed by atoms with Crippen molar-refractivity contribution in [2.24, 2.45) is 0 Å². The molecule has 1 aliphatic rings. The van der Waals surface area contributed by atoms with E-state index in [1.165, 1.54) is 12.8 Å². The average Bonchev–Trinajstić information content (AvgIpc) is 2.88. The molecule has 0 aromatic heterocycles. The molecule has 1 atom stereocenters. The first-order chi connectivity index (χ1) is 8.72. The van der Waals surface area contributed by atoms with E-state index in [0.717, 1.165) is 45.6 Å². The fourth-order valence-corrected chi connectivity index (χ4v) is 2.49. The number of hydrogen-bond acceptors (Lipinski definition) is 2. The summed E-state index contributed by atoms with van der Waals surface area (Å²) < 4.78 is 0. The van der Waals surface area contributed by atoms with Gasteiger partial charge in [-0.15, -0.1) is 0 Å². The van der Waals surface area contributed by atoms with Gasteiger partial charge in [0.1, 0.15) is 0 Å². The monoisotopic (exact) mass is 255 g/mol. The van der Waals surface area contributed by atoms with Crippen LogP contribution < -0.4 is 5.32 Å². The molecular weight excluding hydrogens is 226 g/mol. The minimum atomic E-state index is 0.210. The third kappa shape index (κ3) is 4.48. The van der Waals surface area contributed by atoms with Crippen LogP contribution in [0.5, 0.6) is 0 Å². The Bertz CT molecular complexity index is 235. The summed E-state index contributed by atoms with van der Waals surface area (Å²) in [5.74, 6) is 0. The molecule has 0 radical (unpaired) electrons. The molecule has 18 heavy (non-hydrogen) atoms. The van der Waals surface area contributed by atoms with Crippen LogP contribution in [0.3, 0.4) is 0 Å². The third-order valence-corrected chi connectivity index (χ3v) is 3.69. The molecule has 1 heterocycles. The second kappa shape index (κ2) is 8.35. The molecule has 4 nitrogen and oxygen atoms in total. The highest BCUT2D eigenvalue weighted by atomic mass is 16.2. The largest absolute Gasteiger partial charge is 0.325 e. The zero-order valence-electron chi connectivity index (χ0n) is 12.2. The average molecular weight is 255 g/mol. The fourth-order valence-electron chi connectivity index (χ4n) is 2.49. The molecule has 0 saturated carbocycles. The smallest absolute Gasteiger partial charge is 0.320 e. The highest BCUT2D eigenvalue weighted by Crippen LogP contribution is 2.10. The first kappa shape index (κ1) is 15.3. The van der Waals surface area contributed by atoms with Gasteiger partial charge in [-0.1, -0.05) is 13.3 Å². The number of hydrogen-bond donors (Lipinski definition) is 1. The minimum Gasteiger partial charge on any atom is -0.325 e. The normalized spacial score (nSPS) is 18.9. The standard InChI is InChI=1S/C14H29N3O/c1-4-7-11-17(12-13-9-8-10-15-13)14(18)16(5-2)6-3/h13,15H,4-12H2,1-3H3. The van der Waals surface area contributed by atoms with Gasteiger partial charge in [-0.05, 0) is 39.7 Å². The number of carbonyl (C=O) groups is 1. The maximum Gasteiger partial charge on any atom is 0.320 e. The predicted molar refractivity (Wildman–Crippen MR) is 75.8 cm³/mol. The van der Waals surface area contributed by atoms with Crippen LogP contribution in [-0.4, -0.2) is 54.6 Å². The van der Waals surface area contributed by atoms with Crippen molar-refractivity contribution in [1.29, 1.82) is 0 Å². The summed E-state index contributed by atoms with van der Waals surface area (Å²) in [5, 5.41) is 3.48. The second-order valence-electron chi connectivity index (χ2n) is 5.05. The SMILES string of the molecule is CCCCN(CC1CCCN1)C(=O)N(CC)CC. The van der Waals surface area contributed by atoms with E-state index in [0.29, 0.717) is 6.04 Å². The van der Waals surface area contributed by atoms with Gasteiger partial charge in [0.15, 0.2) is 0 Å². The van der Waals surface area contributed by atoms with E-state index in [-0.39, 0.29) is 6.03 Å². The first-order valence-electron chi connectivity index (χ1n) is 7.50. The second-order valence-corrected chi connectivity index (χ2v) is 5.05. The Balaban J connectivity index is 2.54. The van der Waals surface area contributed by atoms with Crippen molar-refractivity contribution in [3.05, 3.63) is 0 Å². The van der Waals surface area contributed by atoms with Crippen LogP contribution in [-0.2, 0) is 0 Å². The molecule has 1 rings (SSSR count). The van der Waals surface area contributed by atoms with Gasteiger partial charge in [0.05, 0.1) is 0 Å². The summed E-state index contributed by atoms with van der Waals surface area (Å²) in [6.07, 6.45) is 4.68. The number of nitrogens with zero attached hydrogens (tertiary/aromatic N) is 2. The number of unbranched alkanes of at least 4 members (excludes halogenated alkanes) is 1. The van der Waals surface area contributed by atoms with Crippen LogP contribution in [0.4, 0.5) is 4.79 Å². The van der Waals surface area contributed by atoms with Crippen LogP contribution in [0.1, 0.15) is 46.5 Å². The Morgan fingerprint density at radius 3 is 2.44 bits per heavy atom. The molecule has 106 valence electrons. The molecule has 0 aromatic rings. The maximum atomic E-state index is 12.4. The Kier molecular flexibility index (Phi) is 7.09. The van der Waals surface area contributed by atoms with Crippen molar-refractivity contribution in [1.82, 2.24) is 15.1 Å². The van der Waals surface area contributed by atoms with Crippen molar-refractivity contribution in [3.63, 3.8) is 0 Å². The topological polar surface area (TPSA) is 35.6 Å². The number of urea groups is 1. The molecule has 0 spiro atoms. The van der Waals surface area contributed by atoms with E-state index < -0.39 is 0 Å². The van der Waals surface area contributed by atoms with Crippen LogP contribution in [0, 0.1) is 0 Å². The van der Waals surface area contributed by atoms with Gasteiger partial charge in [0, 0.05) is 32.2 Å². The lowest BCUT2D eigenvalue weighted by Crippen LogP contribution is -2.48. The molecule has 1 fully saturated rings. The summed E-state index contributed by atoms with van der Waals surface area (Å²) >= 11 is 0. The molecule has 0 bridgehead atoms. The van der Waals surface area contributed by atoms with Crippen LogP contribution in [0.25, 0.3) is 0 Å². The minimum absolute atomic E-state index is 0.210. The molecule has 4 heteroatoms. The van der Waals surface area contributed by atoms with Gasteiger partial charge in [-0.3, -0.25) is 0 Å². The quantitative estimate of drug-likeness (QED) is 0.757. The first-order valence-corrected chi connectivity index (χ1v) is 7.50. The number of nitrogens with one attached hydrogen (secondary N) is 1. The molecular formula is C14H29N3O. The summed E-state index contributed by atoms with van der Waals surface area (Å²) in [6, 6.07) is 0.712. The van der Waals surface area contributed by atoms with Crippen LogP contribution in [0.2, 0.25) is 0 Å². The molecule has 2 amide bonds. The zero-order valence-corrected chi connectivity index (χ0v) is 12.2.